The summed E-state index contributed by atoms with van der Waals surface area (Å²) in [4.78, 5) is 14.6. The molecule has 3 unspecified atom stereocenters. The molecular formula is C20H35N3O. The molecule has 3 aliphatic rings. The number of carbonyl (C=O) groups excluding carboxylic acids is 1. The van der Waals surface area contributed by atoms with E-state index in [4.69, 9.17) is 0 Å². The highest BCUT2D eigenvalue weighted by Gasteiger charge is 2.29. The number of allylic oxidation sites excluding steroid dienone is 1. The molecule has 3 atom stereocenters. The predicted molar refractivity (Wildman–Crippen MR) is 98.3 cm³/mol. The average molecular weight is 334 g/mol. The number of hydrogen-bond acceptors (Lipinski definition) is 3. The fourth-order valence-corrected chi connectivity index (χ4v) is 4.72. The number of nitrogens with one attached hydrogen (secondary N) is 2. The molecule has 0 aromatic rings. The van der Waals surface area contributed by atoms with Crippen LogP contribution in [0.1, 0.15) is 64.2 Å². The van der Waals surface area contributed by atoms with Crippen molar-refractivity contribution in [3.05, 3.63) is 12.3 Å². The quantitative estimate of drug-likeness (QED) is 0.830. The Labute approximate surface area is 147 Å². The van der Waals surface area contributed by atoms with Crippen molar-refractivity contribution in [1.29, 1.82) is 0 Å². The highest BCUT2D eigenvalue weighted by atomic mass is 16.2. The molecule has 2 saturated heterocycles. The third-order valence-corrected chi connectivity index (χ3v) is 6.41. The van der Waals surface area contributed by atoms with Crippen molar-refractivity contribution >= 4 is 5.91 Å². The first kappa shape index (κ1) is 17.8. The first-order valence-electron chi connectivity index (χ1n) is 10.0. The summed E-state index contributed by atoms with van der Waals surface area (Å²) in [5.41, 5.74) is 1.15. The molecule has 0 radical (unpaired) electrons. The van der Waals surface area contributed by atoms with Crippen LogP contribution in [0.2, 0.25) is 0 Å². The van der Waals surface area contributed by atoms with Crippen LogP contribution in [-0.4, -0.2) is 37.1 Å². The Hall–Kier alpha value is -1.03. The van der Waals surface area contributed by atoms with Gasteiger partial charge in [-0.25, -0.2) is 0 Å². The zero-order chi connectivity index (χ0) is 16.9. The summed E-state index contributed by atoms with van der Waals surface area (Å²) in [5, 5.41) is 6.83. The lowest BCUT2D eigenvalue weighted by Gasteiger charge is -2.36. The molecule has 3 fully saturated rings. The van der Waals surface area contributed by atoms with Crippen LogP contribution in [0, 0.1) is 17.8 Å². The van der Waals surface area contributed by atoms with Gasteiger partial charge in [-0.15, -0.1) is 0 Å². The molecule has 3 rings (SSSR count). The molecule has 4 nitrogen and oxygen atoms in total. The maximum absolute atomic E-state index is 12.5. The van der Waals surface area contributed by atoms with E-state index in [-0.39, 0.29) is 18.0 Å². The summed E-state index contributed by atoms with van der Waals surface area (Å²) in [6.45, 7) is 5.92. The molecule has 136 valence electrons. The van der Waals surface area contributed by atoms with E-state index in [1.807, 2.05) is 7.05 Å². The third-order valence-electron chi connectivity index (χ3n) is 6.41. The van der Waals surface area contributed by atoms with Crippen LogP contribution in [0.5, 0.6) is 0 Å². The molecule has 0 aromatic heterocycles. The first-order chi connectivity index (χ1) is 11.6. The van der Waals surface area contributed by atoms with Crippen LogP contribution in [0.4, 0.5) is 0 Å². The molecule has 0 aromatic carbocycles. The lowest BCUT2D eigenvalue weighted by molar-refractivity contribution is -0.127. The number of amides is 1. The Kier molecular flexibility index (Phi) is 6.20. The summed E-state index contributed by atoms with van der Waals surface area (Å²) >= 11 is 0. The van der Waals surface area contributed by atoms with E-state index < -0.39 is 0 Å². The van der Waals surface area contributed by atoms with E-state index in [2.05, 4.69) is 22.1 Å². The van der Waals surface area contributed by atoms with Crippen molar-refractivity contribution in [2.24, 2.45) is 17.8 Å². The van der Waals surface area contributed by atoms with E-state index in [1.165, 1.54) is 44.9 Å². The number of nitrogens with zero attached hydrogens (tertiary/aromatic N) is 1. The molecule has 0 bridgehead atoms. The third kappa shape index (κ3) is 4.75. The van der Waals surface area contributed by atoms with Gasteiger partial charge in [0.1, 0.15) is 0 Å². The highest BCUT2D eigenvalue weighted by Crippen LogP contribution is 2.31. The van der Waals surface area contributed by atoms with Crippen molar-refractivity contribution in [2.75, 3.05) is 20.1 Å². The molecular weight excluding hydrogens is 298 g/mol. The lowest BCUT2D eigenvalue weighted by Crippen LogP contribution is -2.53. The Morgan fingerprint density at radius 2 is 1.96 bits per heavy atom. The molecule has 0 spiro atoms. The summed E-state index contributed by atoms with van der Waals surface area (Å²) in [5.74, 6) is 2.10. The molecule has 2 aliphatic heterocycles. The number of hydrogen-bond donors (Lipinski definition) is 2. The SMILES string of the molecule is C=C1CCC(C(=O)NC2CCC(CC3CCCCC3)CN2)CN1C. The Morgan fingerprint density at radius 1 is 1.17 bits per heavy atom. The van der Waals surface area contributed by atoms with E-state index in [1.54, 1.807) is 0 Å². The molecule has 2 heterocycles. The van der Waals surface area contributed by atoms with Crippen molar-refractivity contribution in [3.63, 3.8) is 0 Å². The van der Waals surface area contributed by atoms with Crippen molar-refractivity contribution in [1.82, 2.24) is 15.5 Å². The van der Waals surface area contributed by atoms with E-state index in [0.29, 0.717) is 0 Å². The Bertz CT molecular complexity index is 436. The number of rotatable bonds is 4. The van der Waals surface area contributed by atoms with Gasteiger partial charge in [-0.3, -0.25) is 10.1 Å². The number of likely N-dealkylation sites (tertiary alicyclic amines) is 1. The monoisotopic (exact) mass is 333 g/mol. The molecule has 2 N–H and O–H groups in total. The van der Waals surface area contributed by atoms with Gasteiger partial charge in [-0.05, 0) is 50.5 Å². The Balaban J connectivity index is 1.37. The van der Waals surface area contributed by atoms with E-state index in [0.717, 1.165) is 49.9 Å². The van der Waals surface area contributed by atoms with E-state index >= 15 is 0 Å². The van der Waals surface area contributed by atoms with Gasteiger partial charge in [0.2, 0.25) is 5.91 Å². The molecule has 1 aliphatic carbocycles. The average Bonchev–Trinajstić information content (AvgIpc) is 2.60. The summed E-state index contributed by atoms with van der Waals surface area (Å²) < 4.78 is 0. The number of piperidine rings is 2. The fraction of sp³-hybridized carbons (Fsp3) is 0.850. The van der Waals surface area contributed by atoms with Gasteiger partial charge in [-0.1, -0.05) is 38.7 Å². The van der Waals surface area contributed by atoms with E-state index in [9.17, 15) is 4.79 Å². The second-order valence-electron chi connectivity index (χ2n) is 8.33. The highest BCUT2D eigenvalue weighted by molar-refractivity contribution is 5.79. The zero-order valence-electron chi connectivity index (χ0n) is 15.4. The van der Waals surface area contributed by atoms with Gasteiger partial charge in [0.25, 0.3) is 0 Å². The molecule has 1 amide bonds. The fourth-order valence-electron chi connectivity index (χ4n) is 4.72. The van der Waals surface area contributed by atoms with Crippen LogP contribution in [-0.2, 0) is 4.79 Å². The van der Waals surface area contributed by atoms with Gasteiger partial charge < -0.3 is 10.2 Å². The van der Waals surface area contributed by atoms with Crippen LogP contribution >= 0.6 is 0 Å². The van der Waals surface area contributed by atoms with Crippen molar-refractivity contribution < 1.29 is 4.79 Å². The molecule has 24 heavy (non-hydrogen) atoms. The minimum absolute atomic E-state index is 0.113. The van der Waals surface area contributed by atoms with Crippen molar-refractivity contribution in [3.8, 4) is 0 Å². The first-order valence-corrected chi connectivity index (χ1v) is 10.0. The minimum Gasteiger partial charge on any atom is -0.378 e. The predicted octanol–water partition coefficient (Wildman–Crippen LogP) is 3.25. The summed E-state index contributed by atoms with van der Waals surface area (Å²) in [7, 11) is 2.04. The van der Waals surface area contributed by atoms with Crippen LogP contribution < -0.4 is 10.6 Å². The minimum atomic E-state index is 0.113. The van der Waals surface area contributed by atoms with Gasteiger partial charge in [0.15, 0.2) is 0 Å². The largest absolute Gasteiger partial charge is 0.378 e. The van der Waals surface area contributed by atoms with Gasteiger partial charge in [0, 0.05) is 19.3 Å². The standard InChI is InChI=1S/C20H35N3O/c1-15-8-10-18(14-23(15)2)20(24)22-19-11-9-17(13-21-19)12-16-6-4-3-5-7-16/h16-19,21H,1,3-14H2,2H3,(H,22,24). The van der Waals surface area contributed by atoms with Gasteiger partial charge >= 0.3 is 0 Å². The maximum atomic E-state index is 12.5. The van der Waals surface area contributed by atoms with Crippen LogP contribution in [0.15, 0.2) is 12.3 Å². The second kappa shape index (κ2) is 8.37. The van der Waals surface area contributed by atoms with Gasteiger partial charge in [0.05, 0.1) is 12.1 Å². The zero-order valence-corrected chi connectivity index (χ0v) is 15.4. The number of carbonyl (C=O) groups is 1. The molecule has 4 heteroatoms. The van der Waals surface area contributed by atoms with Crippen molar-refractivity contribution in [2.45, 2.75) is 70.4 Å². The summed E-state index contributed by atoms with van der Waals surface area (Å²) in [6.07, 6.45) is 13.0. The maximum Gasteiger partial charge on any atom is 0.226 e. The van der Waals surface area contributed by atoms with Crippen LogP contribution in [0.25, 0.3) is 0 Å². The van der Waals surface area contributed by atoms with Gasteiger partial charge in [-0.2, -0.15) is 0 Å². The molecule has 1 saturated carbocycles. The smallest absolute Gasteiger partial charge is 0.226 e. The normalized spacial score (nSPS) is 32.6. The lowest BCUT2D eigenvalue weighted by atomic mass is 9.80. The topological polar surface area (TPSA) is 44.4 Å². The second-order valence-corrected chi connectivity index (χ2v) is 8.33. The Morgan fingerprint density at radius 3 is 2.62 bits per heavy atom. The summed E-state index contributed by atoms with van der Waals surface area (Å²) in [6, 6.07) is 0. The van der Waals surface area contributed by atoms with Crippen LogP contribution in [0.3, 0.4) is 0 Å².